The topological polar surface area (TPSA) is 24.1 Å². The Kier molecular flexibility index (Phi) is 5.46. The molecule has 0 amide bonds. The normalized spacial score (nSPS) is 20.9. The Balaban J connectivity index is 2.24. The molecule has 0 aromatic carbocycles. The molecule has 1 aliphatic rings. The monoisotopic (exact) mass is 250 g/mol. The van der Waals surface area contributed by atoms with Crippen LogP contribution < -0.4 is 10.6 Å². The first-order valence-corrected chi connectivity index (χ1v) is 6.11. The number of nitrogens with one attached hydrogen (secondary N) is 2. The van der Waals surface area contributed by atoms with Gasteiger partial charge in [-0.15, -0.1) is 0 Å². The second kappa shape index (κ2) is 6.40. The van der Waals surface area contributed by atoms with Gasteiger partial charge in [-0.1, -0.05) is 18.4 Å². The van der Waals surface area contributed by atoms with Crippen LogP contribution in [0.3, 0.4) is 0 Å². The fourth-order valence-corrected chi connectivity index (χ4v) is 2.03. The summed E-state index contributed by atoms with van der Waals surface area (Å²) in [6.07, 6.45) is 0.987. The fraction of sp³-hybridized carbons (Fsp3) is 0.833. The van der Waals surface area contributed by atoms with E-state index < -0.39 is 6.18 Å². The predicted octanol–water partition coefficient (Wildman–Crippen LogP) is 2.96. The zero-order valence-corrected chi connectivity index (χ0v) is 10.4. The van der Waals surface area contributed by atoms with Crippen LogP contribution in [0.15, 0.2) is 11.6 Å². The number of rotatable bonds is 5. The van der Waals surface area contributed by atoms with Gasteiger partial charge in [-0.05, 0) is 26.7 Å². The Morgan fingerprint density at radius 3 is 2.47 bits per heavy atom. The van der Waals surface area contributed by atoms with Crippen molar-refractivity contribution in [1.82, 2.24) is 10.6 Å². The van der Waals surface area contributed by atoms with E-state index in [2.05, 4.69) is 10.6 Å². The number of allylic oxidation sites excluding steroid dienone is 1. The van der Waals surface area contributed by atoms with Gasteiger partial charge in [0.15, 0.2) is 0 Å². The van der Waals surface area contributed by atoms with E-state index in [0.717, 1.165) is 0 Å². The van der Waals surface area contributed by atoms with Crippen molar-refractivity contribution in [2.24, 2.45) is 0 Å². The molecular weight excluding hydrogens is 229 g/mol. The summed E-state index contributed by atoms with van der Waals surface area (Å²) in [6.45, 7) is 3.81. The van der Waals surface area contributed by atoms with Gasteiger partial charge in [0.05, 0.1) is 0 Å². The number of alkyl halides is 3. The summed E-state index contributed by atoms with van der Waals surface area (Å²) < 4.78 is 36.3. The number of hydrogen-bond acceptors (Lipinski definition) is 2. The van der Waals surface area contributed by atoms with E-state index in [-0.39, 0.29) is 6.04 Å². The first kappa shape index (κ1) is 14.5. The Bertz CT molecular complexity index is 255. The van der Waals surface area contributed by atoms with Crippen LogP contribution in [0.4, 0.5) is 13.2 Å². The Morgan fingerprint density at radius 1 is 1.35 bits per heavy atom. The summed E-state index contributed by atoms with van der Waals surface area (Å²) in [5, 5.41) is 6.36. The van der Waals surface area contributed by atoms with Crippen LogP contribution in [0.25, 0.3) is 0 Å². The molecule has 0 bridgehead atoms. The minimum absolute atomic E-state index is 0.259. The molecule has 1 aliphatic carbocycles. The first-order valence-electron chi connectivity index (χ1n) is 6.11. The third-order valence-electron chi connectivity index (χ3n) is 3.23. The minimum atomic E-state index is -4.22. The average Bonchev–Trinajstić information content (AvgIpc) is 2.67. The second-order valence-electron chi connectivity index (χ2n) is 4.72. The highest BCUT2D eigenvalue weighted by Crippen LogP contribution is 2.20. The average molecular weight is 250 g/mol. The standard InChI is InChI=1S/C12H21F3N2/c1-9(7-12(13,14)15)10(2)16-8-17-11-5-3-4-6-11/h7,10-11,16-17H,3-6,8H2,1-2H3/b9-7+. The van der Waals surface area contributed by atoms with Crippen molar-refractivity contribution in [3.8, 4) is 0 Å². The van der Waals surface area contributed by atoms with Crippen LogP contribution in [0.2, 0.25) is 0 Å². The van der Waals surface area contributed by atoms with Gasteiger partial charge in [0, 0.05) is 24.8 Å². The number of halogens is 3. The van der Waals surface area contributed by atoms with Crippen molar-refractivity contribution in [3.05, 3.63) is 11.6 Å². The Hall–Kier alpha value is -0.550. The summed E-state index contributed by atoms with van der Waals surface area (Å²) in [5.74, 6) is 0. The van der Waals surface area contributed by atoms with E-state index in [9.17, 15) is 13.2 Å². The molecule has 0 heterocycles. The lowest BCUT2D eigenvalue weighted by Gasteiger charge is -2.18. The SMILES string of the molecule is C/C(=C\C(F)(F)F)C(C)NCNC1CCCC1. The molecule has 0 radical (unpaired) electrons. The van der Waals surface area contributed by atoms with Gasteiger partial charge in [-0.3, -0.25) is 5.32 Å². The van der Waals surface area contributed by atoms with E-state index in [1.807, 2.05) is 0 Å². The van der Waals surface area contributed by atoms with Crippen LogP contribution >= 0.6 is 0 Å². The molecule has 5 heteroatoms. The lowest BCUT2D eigenvalue weighted by Crippen LogP contribution is -2.40. The van der Waals surface area contributed by atoms with Gasteiger partial charge in [-0.2, -0.15) is 13.2 Å². The van der Waals surface area contributed by atoms with Crippen LogP contribution in [0, 0.1) is 0 Å². The molecule has 2 nitrogen and oxygen atoms in total. The van der Waals surface area contributed by atoms with Gasteiger partial charge in [-0.25, -0.2) is 0 Å². The molecule has 100 valence electrons. The third kappa shape index (κ3) is 6.07. The zero-order chi connectivity index (χ0) is 12.9. The van der Waals surface area contributed by atoms with Crippen molar-refractivity contribution in [2.75, 3.05) is 6.67 Å². The number of hydrogen-bond donors (Lipinski definition) is 2. The highest BCUT2D eigenvalue weighted by Gasteiger charge is 2.24. The maximum Gasteiger partial charge on any atom is 0.409 e. The molecule has 0 saturated heterocycles. The van der Waals surface area contributed by atoms with Crippen molar-refractivity contribution in [1.29, 1.82) is 0 Å². The van der Waals surface area contributed by atoms with Gasteiger partial charge in [0.1, 0.15) is 0 Å². The molecule has 2 N–H and O–H groups in total. The van der Waals surface area contributed by atoms with E-state index in [4.69, 9.17) is 0 Å². The van der Waals surface area contributed by atoms with E-state index >= 15 is 0 Å². The van der Waals surface area contributed by atoms with E-state index in [1.165, 1.54) is 32.6 Å². The molecular formula is C12H21F3N2. The highest BCUT2D eigenvalue weighted by molar-refractivity contribution is 5.09. The van der Waals surface area contributed by atoms with Crippen LogP contribution in [-0.4, -0.2) is 24.9 Å². The molecule has 1 rings (SSSR count). The molecule has 1 unspecified atom stereocenters. The van der Waals surface area contributed by atoms with Crippen molar-refractivity contribution in [2.45, 2.75) is 57.8 Å². The lowest BCUT2D eigenvalue weighted by molar-refractivity contribution is -0.0807. The molecule has 0 aromatic heterocycles. The fourth-order valence-electron chi connectivity index (χ4n) is 2.03. The molecule has 1 saturated carbocycles. The molecule has 17 heavy (non-hydrogen) atoms. The predicted molar refractivity (Wildman–Crippen MR) is 62.7 cm³/mol. The third-order valence-corrected chi connectivity index (χ3v) is 3.23. The van der Waals surface area contributed by atoms with Crippen molar-refractivity contribution >= 4 is 0 Å². The smallest absolute Gasteiger partial charge is 0.302 e. The molecule has 0 aromatic rings. The van der Waals surface area contributed by atoms with E-state index in [0.29, 0.717) is 24.4 Å². The minimum Gasteiger partial charge on any atom is -0.302 e. The first-order chi connectivity index (χ1) is 7.88. The van der Waals surface area contributed by atoms with E-state index in [1.54, 1.807) is 6.92 Å². The van der Waals surface area contributed by atoms with Gasteiger partial charge >= 0.3 is 6.18 Å². The van der Waals surface area contributed by atoms with Gasteiger partial charge < -0.3 is 5.32 Å². The zero-order valence-electron chi connectivity index (χ0n) is 10.4. The van der Waals surface area contributed by atoms with Crippen LogP contribution in [0.5, 0.6) is 0 Å². The Morgan fingerprint density at radius 2 is 1.94 bits per heavy atom. The summed E-state index contributed by atoms with van der Waals surface area (Å²) >= 11 is 0. The molecule has 0 aliphatic heterocycles. The summed E-state index contributed by atoms with van der Waals surface area (Å²) in [4.78, 5) is 0. The van der Waals surface area contributed by atoms with Crippen molar-refractivity contribution < 1.29 is 13.2 Å². The van der Waals surface area contributed by atoms with Gasteiger partial charge in [0.2, 0.25) is 0 Å². The van der Waals surface area contributed by atoms with Gasteiger partial charge in [0.25, 0.3) is 0 Å². The summed E-state index contributed by atoms with van der Waals surface area (Å²) in [5.41, 5.74) is 0.311. The quantitative estimate of drug-likeness (QED) is 0.579. The largest absolute Gasteiger partial charge is 0.409 e. The maximum atomic E-state index is 12.1. The summed E-state index contributed by atoms with van der Waals surface area (Å²) in [6, 6.07) is 0.270. The Labute approximate surface area is 101 Å². The van der Waals surface area contributed by atoms with Crippen LogP contribution in [0.1, 0.15) is 39.5 Å². The molecule has 1 atom stereocenters. The highest BCUT2D eigenvalue weighted by atomic mass is 19.4. The van der Waals surface area contributed by atoms with Crippen LogP contribution in [-0.2, 0) is 0 Å². The van der Waals surface area contributed by atoms with Crippen molar-refractivity contribution in [3.63, 3.8) is 0 Å². The second-order valence-corrected chi connectivity index (χ2v) is 4.72. The maximum absolute atomic E-state index is 12.1. The molecule has 1 fully saturated rings. The lowest BCUT2D eigenvalue weighted by atomic mass is 10.1. The summed E-state index contributed by atoms with van der Waals surface area (Å²) in [7, 11) is 0. The molecule has 0 spiro atoms.